The third-order valence-corrected chi connectivity index (χ3v) is 2.82. The molecule has 0 radical (unpaired) electrons. The van der Waals surface area contributed by atoms with Crippen LogP contribution in [0.4, 0.5) is 0 Å². The molecule has 0 saturated heterocycles. The number of nitrogens with zero attached hydrogens (tertiary/aromatic N) is 4. The summed E-state index contributed by atoms with van der Waals surface area (Å²) < 4.78 is 5.26. The molecule has 2 heterocycles. The Morgan fingerprint density at radius 2 is 2.11 bits per heavy atom. The van der Waals surface area contributed by atoms with Crippen LogP contribution in [0, 0.1) is 0 Å². The molecule has 0 aliphatic rings. The molecule has 0 amide bonds. The number of hydrogen-bond donors (Lipinski definition) is 0. The second kappa shape index (κ2) is 6.24. The number of likely N-dealkylation sites (N-methyl/N-ethyl adjacent to an activating group) is 1. The fourth-order valence-corrected chi connectivity index (χ4v) is 1.74. The molecule has 0 N–H and O–H groups in total. The van der Waals surface area contributed by atoms with Crippen molar-refractivity contribution in [3.8, 4) is 11.4 Å². The largest absolute Gasteiger partial charge is 0.338 e. The molecule has 0 saturated carbocycles. The van der Waals surface area contributed by atoms with Crippen LogP contribution < -0.4 is 0 Å². The molecule has 2 aromatic rings. The number of allylic oxidation sites excluding steroid dienone is 1. The van der Waals surface area contributed by atoms with Crippen molar-refractivity contribution < 1.29 is 4.52 Å². The summed E-state index contributed by atoms with van der Waals surface area (Å²) in [4.78, 5) is 10.5. The molecule has 0 fully saturated rings. The fraction of sp³-hybridized carbons (Fsp3) is 0.357. The van der Waals surface area contributed by atoms with E-state index in [1.165, 1.54) is 5.57 Å². The maximum Gasteiger partial charge on any atom is 0.241 e. The highest BCUT2D eigenvalue weighted by Gasteiger charge is 2.10. The second-order valence-electron chi connectivity index (χ2n) is 4.55. The van der Waals surface area contributed by atoms with Crippen molar-refractivity contribution >= 4 is 0 Å². The first-order valence-corrected chi connectivity index (χ1v) is 6.22. The van der Waals surface area contributed by atoms with Crippen LogP contribution in [0.5, 0.6) is 0 Å². The molecule has 0 spiro atoms. The topological polar surface area (TPSA) is 55.1 Å². The van der Waals surface area contributed by atoms with Crippen molar-refractivity contribution in [3.63, 3.8) is 0 Å². The summed E-state index contributed by atoms with van der Waals surface area (Å²) in [5, 5.41) is 3.98. The van der Waals surface area contributed by atoms with E-state index in [0.29, 0.717) is 18.3 Å². The highest BCUT2D eigenvalue weighted by Crippen LogP contribution is 2.14. The van der Waals surface area contributed by atoms with Gasteiger partial charge in [0.05, 0.1) is 6.54 Å². The van der Waals surface area contributed by atoms with Crippen molar-refractivity contribution in [2.24, 2.45) is 0 Å². The maximum absolute atomic E-state index is 5.26. The molecule has 0 atom stereocenters. The van der Waals surface area contributed by atoms with Gasteiger partial charge in [-0.1, -0.05) is 16.8 Å². The summed E-state index contributed by atoms with van der Waals surface area (Å²) in [5.74, 6) is 1.23. The number of pyridine rings is 1. The normalized spacial score (nSPS) is 12.1. The predicted molar refractivity (Wildman–Crippen MR) is 73.3 cm³/mol. The van der Waals surface area contributed by atoms with Gasteiger partial charge in [0, 0.05) is 24.5 Å². The Bertz CT molecular complexity index is 548. The Kier molecular flexibility index (Phi) is 4.41. The highest BCUT2D eigenvalue weighted by molar-refractivity contribution is 5.52. The first-order valence-electron chi connectivity index (χ1n) is 6.22. The summed E-state index contributed by atoms with van der Waals surface area (Å²) in [6.07, 6.45) is 5.53. The van der Waals surface area contributed by atoms with E-state index in [-0.39, 0.29) is 0 Å². The van der Waals surface area contributed by atoms with Gasteiger partial charge < -0.3 is 4.52 Å². The van der Waals surface area contributed by atoms with Crippen molar-refractivity contribution in [3.05, 3.63) is 42.1 Å². The Morgan fingerprint density at radius 3 is 2.79 bits per heavy atom. The quantitative estimate of drug-likeness (QED) is 0.771. The van der Waals surface area contributed by atoms with Gasteiger partial charge in [-0.05, 0) is 33.0 Å². The first-order chi connectivity index (χ1) is 9.19. The third-order valence-electron chi connectivity index (χ3n) is 2.82. The summed E-state index contributed by atoms with van der Waals surface area (Å²) in [6.45, 7) is 5.68. The molecule has 5 nitrogen and oxygen atoms in total. The predicted octanol–water partition coefficient (Wildman–Crippen LogP) is 2.53. The van der Waals surface area contributed by atoms with E-state index >= 15 is 0 Å². The lowest BCUT2D eigenvalue weighted by molar-refractivity contribution is 0.281. The van der Waals surface area contributed by atoms with Gasteiger partial charge in [0.25, 0.3) is 0 Å². The SMILES string of the molecule is CC=C(C)CN(C)Cc1nc(-c2ccncc2)no1. The Morgan fingerprint density at radius 1 is 1.37 bits per heavy atom. The van der Waals surface area contributed by atoms with Crippen LogP contribution in [-0.4, -0.2) is 33.6 Å². The van der Waals surface area contributed by atoms with Gasteiger partial charge in [-0.25, -0.2) is 0 Å². The Hall–Kier alpha value is -2.01. The van der Waals surface area contributed by atoms with Gasteiger partial charge in [-0.15, -0.1) is 0 Å². The van der Waals surface area contributed by atoms with Crippen LogP contribution in [0.15, 0.2) is 40.7 Å². The molecule has 0 bridgehead atoms. The second-order valence-corrected chi connectivity index (χ2v) is 4.55. The van der Waals surface area contributed by atoms with Crippen LogP contribution in [-0.2, 0) is 6.54 Å². The molecule has 2 rings (SSSR count). The lowest BCUT2D eigenvalue weighted by Gasteiger charge is -2.13. The molecule has 0 unspecified atom stereocenters. The minimum atomic E-state index is 0.605. The summed E-state index contributed by atoms with van der Waals surface area (Å²) in [6, 6.07) is 3.73. The van der Waals surface area contributed by atoms with E-state index in [4.69, 9.17) is 4.52 Å². The van der Waals surface area contributed by atoms with Crippen molar-refractivity contribution in [2.75, 3.05) is 13.6 Å². The zero-order valence-electron chi connectivity index (χ0n) is 11.5. The molecular weight excluding hydrogens is 240 g/mol. The zero-order valence-corrected chi connectivity index (χ0v) is 11.5. The maximum atomic E-state index is 5.26. The van der Waals surface area contributed by atoms with Gasteiger partial charge in [0.15, 0.2) is 0 Å². The number of aromatic nitrogens is 3. The molecule has 19 heavy (non-hydrogen) atoms. The van der Waals surface area contributed by atoms with E-state index in [9.17, 15) is 0 Å². The van der Waals surface area contributed by atoms with Gasteiger partial charge in [0.2, 0.25) is 11.7 Å². The van der Waals surface area contributed by atoms with Crippen LogP contribution in [0.3, 0.4) is 0 Å². The summed E-state index contributed by atoms with van der Waals surface area (Å²) in [7, 11) is 2.03. The molecular formula is C14H18N4O. The van der Waals surface area contributed by atoms with Gasteiger partial charge in [0.1, 0.15) is 0 Å². The lowest BCUT2D eigenvalue weighted by atomic mass is 10.2. The molecule has 5 heteroatoms. The molecule has 0 aliphatic heterocycles. The minimum Gasteiger partial charge on any atom is -0.338 e. The smallest absolute Gasteiger partial charge is 0.241 e. The standard InChI is InChI=1S/C14H18N4O/c1-4-11(2)9-18(3)10-13-16-14(17-19-13)12-5-7-15-8-6-12/h4-8H,9-10H2,1-3H3. The lowest BCUT2D eigenvalue weighted by Crippen LogP contribution is -2.20. The van der Waals surface area contributed by atoms with Gasteiger partial charge in [-0.2, -0.15) is 4.98 Å². The van der Waals surface area contributed by atoms with Gasteiger partial charge in [-0.3, -0.25) is 9.88 Å². The molecule has 2 aromatic heterocycles. The van der Waals surface area contributed by atoms with Crippen LogP contribution in [0.25, 0.3) is 11.4 Å². The van der Waals surface area contributed by atoms with Crippen LogP contribution in [0.2, 0.25) is 0 Å². The molecule has 100 valence electrons. The van der Waals surface area contributed by atoms with E-state index in [1.54, 1.807) is 12.4 Å². The van der Waals surface area contributed by atoms with Crippen molar-refractivity contribution in [2.45, 2.75) is 20.4 Å². The summed E-state index contributed by atoms with van der Waals surface area (Å²) >= 11 is 0. The monoisotopic (exact) mass is 258 g/mol. The Labute approximate surface area is 113 Å². The van der Waals surface area contributed by atoms with Crippen LogP contribution in [0.1, 0.15) is 19.7 Å². The van der Waals surface area contributed by atoms with Crippen molar-refractivity contribution in [1.29, 1.82) is 0 Å². The molecule has 0 aliphatic carbocycles. The third kappa shape index (κ3) is 3.72. The fourth-order valence-electron chi connectivity index (χ4n) is 1.74. The summed E-state index contributed by atoms with van der Waals surface area (Å²) in [5.41, 5.74) is 2.23. The average molecular weight is 258 g/mol. The van der Waals surface area contributed by atoms with E-state index in [0.717, 1.165) is 12.1 Å². The van der Waals surface area contributed by atoms with E-state index < -0.39 is 0 Å². The Balaban J connectivity index is 2.02. The zero-order chi connectivity index (χ0) is 13.7. The highest BCUT2D eigenvalue weighted by atomic mass is 16.5. The molecule has 0 aromatic carbocycles. The van der Waals surface area contributed by atoms with E-state index in [2.05, 4.69) is 33.0 Å². The first kappa shape index (κ1) is 13.4. The van der Waals surface area contributed by atoms with Crippen LogP contribution >= 0.6 is 0 Å². The number of rotatable bonds is 5. The van der Waals surface area contributed by atoms with E-state index in [1.807, 2.05) is 26.1 Å². The van der Waals surface area contributed by atoms with Gasteiger partial charge >= 0.3 is 0 Å². The number of hydrogen-bond acceptors (Lipinski definition) is 5. The average Bonchev–Trinajstić information content (AvgIpc) is 2.88. The minimum absolute atomic E-state index is 0.605. The van der Waals surface area contributed by atoms with Crippen molar-refractivity contribution in [1.82, 2.24) is 20.0 Å².